The quantitative estimate of drug-likeness (QED) is 0.746. The van der Waals surface area contributed by atoms with Crippen molar-refractivity contribution >= 4 is 21.4 Å². The third-order valence-corrected chi connectivity index (χ3v) is 7.38. The third-order valence-electron chi connectivity index (χ3n) is 4.94. The van der Waals surface area contributed by atoms with Crippen molar-refractivity contribution in [2.24, 2.45) is 0 Å². The van der Waals surface area contributed by atoms with Crippen LogP contribution in [0.4, 0.5) is 0 Å². The minimum atomic E-state index is -3.34. The molecule has 1 aromatic heterocycles. The first-order valence-electron chi connectivity index (χ1n) is 8.75. The van der Waals surface area contributed by atoms with Crippen LogP contribution >= 0.6 is 11.3 Å². The van der Waals surface area contributed by atoms with E-state index in [4.69, 9.17) is 9.47 Å². The predicted molar refractivity (Wildman–Crippen MR) is 105 cm³/mol. The summed E-state index contributed by atoms with van der Waals surface area (Å²) >= 11 is 1.69. The monoisotopic (exact) mass is 395 g/mol. The fraction of sp³-hybridized carbons (Fsp3) is 0.474. The van der Waals surface area contributed by atoms with Crippen LogP contribution in [0, 0.1) is 0 Å². The van der Waals surface area contributed by atoms with Crippen molar-refractivity contribution in [3.8, 4) is 5.75 Å². The minimum absolute atomic E-state index is 0.0797. The summed E-state index contributed by atoms with van der Waals surface area (Å²) in [7, 11) is -1.73. The van der Waals surface area contributed by atoms with E-state index in [2.05, 4.69) is 10.8 Å². The number of methoxy groups -OCH3 is 1. The Hall–Kier alpha value is -1.41. The maximum atomic E-state index is 12.5. The smallest absolute Gasteiger partial charge is 0.211 e. The number of hydrogen-bond donors (Lipinski definition) is 1. The fourth-order valence-electron chi connectivity index (χ4n) is 3.22. The summed E-state index contributed by atoms with van der Waals surface area (Å²) in [5.74, 6) is 0.850. The van der Waals surface area contributed by atoms with Gasteiger partial charge in [-0.05, 0) is 48.4 Å². The van der Waals surface area contributed by atoms with Crippen molar-refractivity contribution in [3.05, 3.63) is 52.2 Å². The summed E-state index contributed by atoms with van der Waals surface area (Å²) in [6.07, 6.45) is 2.16. The summed E-state index contributed by atoms with van der Waals surface area (Å²) in [6, 6.07) is 11.6. The molecule has 0 aliphatic carbocycles. The maximum Gasteiger partial charge on any atom is 0.211 e. The van der Waals surface area contributed by atoms with Crippen LogP contribution in [0.15, 0.2) is 41.8 Å². The van der Waals surface area contributed by atoms with Crippen LogP contribution in [0.25, 0.3) is 0 Å². The number of rotatable bonds is 8. The molecule has 1 aliphatic heterocycles. The first-order valence-corrected chi connectivity index (χ1v) is 11.3. The van der Waals surface area contributed by atoms with Gasteiger partial charge in [0, 0.05) is 30.1 Å². The Morgan fingerprint density at radius 2 is 1.92 bits per heavy atom. The zero-order valence-corrected chi connectivity index (χ0v) is 16.6. The average Bonchev–Trinajstić information content (AvgIpc) is 3.22. The second kappa shape index (κ2) is 8.52. The van der Waals surface area contributed by atoms with Gasteiger partial charge in [-0.2, -0.15) is 0 Å². The van der Waals surface area contributed by atoms with Gasteiger partial charge in [-0.25, -0.2) is 13.1 Å². The van der Waals surface area contributed by atoms with Gasteiger partial charge in [0.15, 0.2) is 0 Å². The maximum absolute atomic E-state index is 12.5. The van der Waals surface area contributed by atoms with E-state index in [9.17, 15) is 8.42 Å². The lowest BCUT2D eigenvalue weighted by atomic mass is 9.79. The van der Waals surface area contributed by atoms with Crippen molar-refractivity contribution in [1.29, 1.82) is 0 Å². The van der Waals surface area contributed by atoms with E-state index in [1.165, 1.54) is 4.88 Å². The normalized spacial score (nSPS) is 17.1. The zero-order chi connectivity index (χ0) is 18.5. The lowest BCUT2D eigenvalue weighted by Crippen LogP contribution is -2.44. The molecule has 0 unspecified atom stereocenters. The van der Waals surface area contributed by atoms with E-state index < -0.39 is 10.0 Å². The highest BCUT2D eigenvalue weighted by atomic mass is 32.2. The first kappa shape index (κ1) is 19.4. The Labute approximate surface area is 159 Å². The lowest BCUT2D eigenvalue weighted by Gasteiger charge is -2.36. The summed E-state index contributed by atoms with van der Waals surface area (Å²) < 4.78 is 38.5. The first-order chi connectivity index (χ1) is 12.5. The molecule has 1 fully saturated rings. The van der Waals surface area contributed by atoms with Gasteiger partial charge >= 0.3 is 0 Å². The molecule has 1 N–H and O–H groups in total. The molecule has 0 saturated carbocycles. The molecule has 26 heavy (non-hydrogen) atoms. The van der Waals surface area contributed by atoms with Crippen molar-refractivity contribution in [3.63, 3.8) is 0 Å². The highest BCUT2D eigenvalue weighted by molar-refractivity contribution is 7.89. The molecule has 1 saturated heterocycles. The fourth-order valence-corrected chi connectivity index (χ4v) is 5.35. The number of ether oxygens (including phenoxy) is 2. The minimum Gasteiger partial charge on any atom is -0.497 e. The molecule has 0 amide bonds. The van der Waals surface area contributed by atoms with Crippen molar-refractivity contribution in [1.82, 2.24) is 4.72 Å². The summed E-state index contributed by atoms with van der Waals surface area (Å²) in [5, 5.41) is 2.05. The van der Waals surface area contributed by atoms with Gasteiger partial charge in [0.25, 0.3) is 0 Å². The van der Waals surface area contributed by atoms with Crippen molar-refractivity contribution < 1.29 is 17.9 Å². The number of hydrogen-bond acceptors (Lipinski definition) is 5. The number of aryl methyl sites for hydroxylation is 1. The Bertz CT molecular complexity index is 779. The number of benzene rings is 1. The van der Waals surface area contributed by atoms with Crippen LogP contribution < -0.4 is 9.46 Å². The molecular weight excluding hydrogens is 370 g/mol. The van der Waals surface area contributed by atoms with E-state index >= 15 is 0 Å². The molecule has 142 valence electrons. The molecule has 0 spiro atoms. The molecule has 2 heterocycles. The Balaban J connectivity index is 1.60. The molecule has 0 radical (unpaired) electrons. The summed E-state index contributed by atoms with van der Waals surface area (Å²) in [6.45, 7) is 1.78. The summed E-state index contributed by atoms with van der Waals surface area (Å²) in [4.78, 5) is 1.23. The van der Waals surface area contributed by atoms with E-state index in [0.717, 1.165) is 24.2 Å². The zero-order valence-electron chi connectivity index (χ0n) is 14.9. The van der Waals surface area contributed by atoms with Gasteiger partial charge in [-0.3, -0.25) is 0 Å². The van der Waals surface area contributed by atoms with Gasteiger partial charge in [-0.15, -0.1) is 11.3 Å². The van der Waals surface area contributed by atoms with Crippen LogP contribution in [-0.4, -0.2) is 41.0 Å². The SMILES string of the molecule is COc1ccc(CCS(=O)(=O)NCC2(c3cccs3)CCOCC2)cc1. The molecule has 7 heteroatoms. The summed E-state index contributed by atoms with van der Waals surface area (Å²) in [5.41, 5.74) is 0.829. The third kappa shape index (κ3) is 4.85. The number of nitrogens with one attached hydrogen (secondary N) is 1. The van der Waals surface area contributed by atoms with Crippen LogP contribution in [0.2, 0.25) is 0 Å². The second-order valence-electron chi connectivity index (χ2n) is 6.61. The molecule has 0 atom stereocenters. The van der Waals surface area contributed by atoms with E-state index in [1.807, 2.05) is 35.7 Å². The predicted octanol–water partition coefficient (Wildman–Crippen LogP) is 2.97. The average molecular weight is 396 g/mol. The van der Waals surface area contributed by atoms with E-state index in [0.29, 0.717) is 26.2 Å². The Morgan fingerprint density at radius 3 is 2.54 bits per heavy atom. The highest BCUT2D eigenvalue weighted by Crippen LogP contribution is 2.37. The highest BCUT2D eigenvalue weighted by Gasteiger charge is 2.36. The van der Waals surface area contributed by atoms with Gasteiger partial charge < -0.3 is 9.47 Å². The van der Waals surface area contributed by atoms with Crippen LogP contribution in [-0.2, 0) is 26.6 Å². The Kier molecular flexibility index (Phi) is 6.34. The molecule has 2 aromatic rings. The molecular formula is C19H25NO4S2. The van der Waals surface area contributed by atoms with Crippen LogP contribution in [0.1, 0.15) is 23.3 Å². The molecule has 5 nitrogen and oxygen atoms in total. The molecule has 1 aromatic carbocycles. The second-order valence-corrected chi connectivity index (χ2v) is 9.48. The standard InChI is InChI=1S/C19H25NO4S2/c1-23-17-6-4-16(5-7-17)8-14-26(21,22)20-15-19(9-11-24-12-10-19)18-3-2-13-25-18/h2-7,13,20H,8-12,14-15H2,1H3. The van der Waals surface area contributed by atoms with Gasteiger partial charge in [0.1, 0.15) is 5.75 Å². The molecule has 3 rings (SSSR count). The molecule has 1 aliphatic rings. The molecule has 0 bridgehead atoms. The van der Waals surface area contributed by atoms with E-state index in [1.54, 1.807) is 18.4 Å². The van der Waals surface area contributed by atoms with Gasteiger partial charge in [0.05, 0.1) is 12.9 Å². The number of thiophene rings is 1. The number of sulfonamides is 1. The van der Waals surface area contributed by atoms with E-state index in [-0.39, 0.29) is 11.2 Å². The van der Waals surface area contributed by atoms with Crippen LogP contribution in [0.3, 0.4) is 0 Å². The van der Waals surface area contributed by atoms with Gasteiger partial charge in [0.2, 0.25) is 10.0 Å². The van der Waals surface area contributed by atoms with Crippen molar-refractivity contribution in [2.45, 2.75) is 24.7 Å². The van der Waals surface area contributed by atoms with Crippen LogP contribution in [0.5, 0.6) is 5.75 Å². The van der Waals surface area contributed by atoms with Gasteiger partial charge in [-0.1, -0.05) is 18.2 Å². The van der Waals surface area contributed by atoms with Crippen molar-refractivity contribution in [2.75, 3.05) is 32.6 Å². The topological polar surface area (TPSA) is 64.6 Å². The Morgan fingerprint density at radius 1 is 1.19 bits per heavy atom. The largest absolute Gasteiger partial charge is 0.497 e. The lowest BCUT2D eigenvalue weighted by molar-refractivity contribution is 0.0529.